The van der Waals surface area contributed by atoms with Crippen molar-refractivity contribution in [3.8, 4) is 5.75 Å². The molecule has 39 heavy (non-hydrogen) atoms. The smallest absolute Gasteiger partial charge is 0.278 e. The van der Waals surface area contributed by atoms with E-state index >= 15 is 0 Å². The van der Waals surface area contributed by atoms with Crippen LogP contribution in [0.25, 0.3) is 0 Å². The Morgan fingerprint density at radius 3 is 2.49 bits per heavy atom. The number of ether oxygens (including phenoxy) is 2. The number of rotatable bonds is 11. The Morgan fingerprint density at radius 2 is 1.77 bits per heavy atom. The summed E-state index contributed by atoms with van der Waals surface area (Å²) in [6, 6.07) is 19.2. The molecule has 0 aromatic heterocycles. The zero-order valence-electron chi connectivity index (χ0n) is 21.7. The maximum Gasteiger partial charge on any atom is 0.278 e. The van der Waals surface area contributed by atoms with Gasteiger partial charge in [-0.3, -0.25) is 19.3 Å². The Kier molecular flexibility index (Phi) is 9.29. The van der Waals surface area contributed by atoms with Crippen molar-refractivity contribution in [1.82, 2.24) is 4.90 Å². The second-order valence-electron chi connectivity index (χ2n) is 8.73. The van der Waals surface area contributed by atoms with E-state index in [-0.39, 0.29) is 23.1 Å². The number of hydrogen-bond donors (Lipinski definition) is 2. The molecule has 10 heteroatoms. The summed E-state index contributed by atoms with van der Waals surface area (Å²) >= 11 is 7.08. The van der Waals surface area contributed by atoms with Crippen molar-refractivity contribution >= 4 is 52.5 Å². The number of benzene rings is 3. The second-order valence-corrected chi connectivity index (χ2v) is 10.3. The van der Waals surface area contributed by atoms with Crippen LogP contribution in [0, 0.1) is 6.92 Å². The molecule has 0 atom stereocenters. The Balaban J connectivity index is 1.62. The highest BCUT2D eigenvalue weighted by atomic mass is 35.5. The molecule has 3 aromatic rings. The highest BCUT2D eigenvalue weighted by molar-refractivity contribution is 8.04. The minimum Gasteiger partial charge on any atom is -0.495 e. The van der Waals surface area contributed by atoms with E-state index in [4.69, 9.17) is 21.1 Å². The molecule has 0 unspecified atom stereocenters. The molecule has 8 nitrogen and oxygen atoms in total. The standard InChI is InChI=1S/C29H28ClN3O5S/c1-18-8-13-24(38-3)23(16-18)32-25-26(29(36)33(28(25)35)14-5-15-37-2)39-22-7-4-6-21(17-22)31-27(34)19-9-11-20(30)12-10-19/h4,6-13,16-17,32H,5,14-15H2,1-3H3,(H,31,34). The molecule has 1 heterocycles. The Labute approximate surface area is 236 Å². The number of hydrogen-bond acceptors (Lipinski definition) is 7. The minimum absolute atomic E-state index is 0.168. The number of carbonyl (C=O) groups is 3. The van der Waals surface area contributed by atoms with Crippen molar-refractivity contribution in [2.24, 2.45) is 0 Å². The molecular formula is C29H28ClN3O5S. The summed E-state index contributed by atoms with van der Waals surface area (Å²) in [5.41, 5.74) is 2.72. The van der Waals surface area contributed by atoms with E-state index in [1.54, 1.807) is 62.8 Å². The average molecular weight is 566 g/mol. The van der Waals surface area contributed by atoms with Gasteiger partial charge in [0, 0.05) is 41.4 Å². The van der Waals surface area contributed by atoms with Gasteiger partial charge in [-0.15, -0.1) is 0 Å². The maximum absolute atomic E-state index is 13.4. The fraction of sp³-hybridized carbons (Fsp3) is 0.207. The van der Waals surface area contributed by atoms with E-state index in [0.717, 1.165) is 17.3 Å². The van der Waals surface area contributed by atoms with Gasteiger partial charge in [-0.05, 0) is 73.5 Å². The van der Waals surface area contributed by atoms with Crippen LogP contribution in [0.1, 0.15) is 22.3 Å². The van der Waals surface area contributed by atoms with E-state index in [0.29, 0.717) is 45.6 Å². The Bertz CT molecular complexity index is 1420. The maximum atomic E-state index is 13.4. The van der Waals surface area contributed by atoms with Crippen LogP contribution >= 0.6 is 23.4 Å². The number of carbonyl (C=O) groups excluding carboxylic acids is 3. The predicted octanol–water partition coefficient (Wildman–Crippen LogP) is 5.73. The number of aryl methyl sites for hydroxylation is 1. The number of thioether (sulfide) groups is 1. The Morgan fingerprint density at radius 1 is 1.00 bits per heavy atom. The van der Waals surface area contributed by atoms with Crippen LogP contribution < -0.4 is 15.4 Å². The molecule has 3 aromatic carbocycles. The lowest BCUT2D eigenvalue weighted by Gasteiger charge is -2.15. The van der Waals surface area contributed by atoms with E-state index in [1.165, 1.54) is 4.90 Å². The van der Waals surface area contributed by atoms with Gasteiger partial charge in [0.1, 0.15) is 16.4 Å². The molecule has 0 aliphatic carbocycles. The number of amides is 3. The first-order valence-corrected chi connectivity index (χ1v) is 13.4. The predicted molar refractivity (Wildman–Crippen MR) is 153 cm³/mol. The highest BCUT2D eigenvalue weighted by Crippen LogP contribution is 2.38. The normalized spacial score (nSPS) is 13.2. The van der Waals surface area contributed by atoms with Gasteiger partial charge in [0.25, 0.3) is 17.7 Å². The third-order valence-corrected chi connectivity index (χ3v) is 7.21. The van der Waals surface area contributed by atoms with Gasteiger partial charge in [0.15, 0.2) is 0 Å². The monoisotopic (exact) mass is 565 g/mol. The highest BCUT2D eigenvalue weighted by Gasteiger charge is 2.39. The van der Waals surface area contributed by atoms with E-state index in [1.807, 2.05) is 25.1 Å². The zero-order valence-corrected chi connectivity index (χ0v) is 23.3. The van der Waals surface area contributed by atoms with Crippen molar-refractivity contribution in [3.63, 3.8) is 0 Å². The van der Waals surface area contributed by atoms with Gasteiger partial charge in [0.2, 0.25) is 0 Å². The molecule has 1 aliphatic rings. The molecule has 0 fully saturated rings. The minimum atomic E-state index is -0.422. The molecule has 4 rings (SSSR count). The summed E-state index contributed by atoms with van der Waals surface area (Å²) in [4.78, 5) is 41.7. The topological polar surface area (TPSA) is 97.0 Å². The third-order valence-electron chi connectivity index (χ3n) is 5.89. The lowest BCUT2D eigenvalue weighted by molar-refractivity contribution is -0.137. The average Bonchev–Trinajstić information content (AvgIpc) is 3.13. The second kappa shape index (κ2) is 12.8. The largest absolute Gasteiger partial charge is 0.495 e. The van der Waals surface area contributed by atoms with Crippen molar-refractivity contribution in [2.75, 3.05) is 38.0 Å². The van der Waals surface area contributed by atoms with Crippen LogP contribution in [0.2, 0.25) is 5.02 Å². The molecule has 0 saturated carbocycles. The summed E-state index contributed by atoms with van der Waals surface area (Å²) in [6.45, 7) is 2.57. The molecule has 0 spiro atoms. The van der Waals surface area contributed by atoms with Gasteiger partial charge in [0.05, 0.1) is 12.8 Å². The lowest BCUT2D eigenvalue weighted by Crippen LogP contribution is -2.33. The summed E-state index contributed by atoms with van der Waals surface area (Å²) in [7, 11) is 3.12. The van der Waals surface area contributed by atoms with Crippen LogP contribution in [0.3, 0.4) is 0 Å². The van der Waals surface area contributed by atoms with Gasteiger partial charge < -0.3 is 20.1 Å². The molecule has 0 bridgehead atoms. The number of nitrogens with one attached hydrogen (secondary N) is 2. The molecule has 0 radical (unpaired) electrons. The number of methoxy groups -OCH3 is 2. The van der Waals surface area contributed by atoms with Gasteiger partial charge in [-0.25, -0.2) is 0 Å². The zero-order chi connectivity index (χ0) is 27.9. The fourth-order valence-corrected chi connectivity index (χ4v) is 5.07. The first kappa shape index (κ1) is 28.2. The molecule has 202 valence electrons. The van der Waals surface area contributed by atoms with Crippen molar-refractivity contribution in [3.05, 3.63) is 93.5 Å². The van der Waals surface area contributed by atoms with Gasteiger partial charge >= 0.3 is 0 Å². The summed E-state index contributed by atoms with van der Waals surface area (Å²) < 4.78 is 10.6. The number of imide groups is 1. The van der Waals surface area contributed by atoms with Crippen LogP contribution in [0.5, 0.6) is 5.75 Å². The van der Waals surface area contributed by atoms with Crippen LogP contribution in [0.4, 0.5) is 11.4 Å². The molecule has 2 N–H and O–H groups in total. The van der Waals surface area contributed by atoms with Crippen LogP contribution in [0.15, 0.2) is 82.2 Å². The number of nitrogens with zero attached hydrogens (tertiary/aromatic N) is 1. The summed E-state index contributed by atoms with van der Waals surface area (Å²) in [5, 5.41) is 6.55. The van der Waals surface area contributed by atoms with E-state index in [9.17, 15) is 14.4 Å². The van der Waals surface area contributed by atoms with E-state index < -0.39 is 11.8 Å². The first-order chi connectivity index (χ1) is 18.8. The summed E-state index contributed by atoms with van der Waals surface area (Å²) in [6.07, 6.45) is 0.513. The number of halogens is 1. The summed E-state index contributed by atoms with van der Waals surface area (Å²) in [5.74, 6) is -0.569. The quantitative estimate of drug-likeness (QED) is 0.226. The Hall–Kier alpha value is -3.79. The fourth-order valence-electron chi connectivity index (χ4n) is 3.94. The van der Waals surface area contributed by atoms with Gasteiger partial charge in [-0.2, -0.15) is 0 Å². The SMILES string of the molecule is COCCCN1C(=O)C(Nc2cc(C)ccc2OC)=C(Sc2cccc(NC(=O)c3ccc(Cl)cc3)c2)C1=O. The van der Waals surface area contributed by atoms with Crippen LogP contribution in [-0.2, 0) is 14.3 Å². The molecular weight excluding hydrogens is 538 g/mol. The van der Waals surface area contributed by atoms with Crippen LogP contribution in [-0.4, -0.2) is 50.0 Å². The van der Waals surface area contributed by atoms with Crippen molar-refractivity contribution < 1.29 is 23.9 Å². The third kappa shape index (κ3) is 6.81. The van der Waals surface area contributed by atoms with E-state index in [2.05, 4.69) is 10.6 Å². The van der Waals surface area contributed by atoms with Crippen molar-refractivity contribution in [1.29, 1.82) is 0 Å². The molecule has 0 saturated heterocycles. The lowest BCUT2D eigenvalue weighted by atomic mass is 10.2. The van der Waals surface area contributed by atoms with Crippen molar-refractivity contribution in [2.45, 2.75) is 18.2 Å². The number of anilines is 2. The molecule has 3 amide bonds. The van der Waals surface area contributed by atoms with Gasteiger partial charge in [-0.1, -0.05) is 35.5 Å². The first-order valence-electron chi connectivity index (χ1n) is 12.2. The molecule has 1 aliphatic heterocycles.